The van der Waals surface area contributed by atoms with Gasteiger partial charge in [0, 0.05) is 5.56 Å². The molecule has 1 heterocycles. The smallest absolute Gasteiger partial charge is 0.196 e. The lowest BCUT2D eigenvalue weighted by atomic mass is 9.86. The largest absolute Gasteiger partial charge is 0.469 e. The van der Waals surface area contributed by atoms with Crippen LogP contribution in [0.3, 0.4) is 0 Å². The van der Waals surface area contributed by atoms with Gasteiger partial charge in [-0.05, 0) is 24.0 Å². The highest BCUT2D eigenvalue weighted by Gasteiger charge is 2.16. The molecule has 0 saturated heterocycles. The second-order valence-electron chi connectivity index (χ2n) is 5.55. The van der Waals surface area contributed by atoms with Crippen molar-refractivity contribution in [3.8, 4) is 0 Å². The van der Waals surface area contributed by atoms with Gasteiger partial charge >= 0.3 is 0 Å². The highest BCUT2D eigenvalue weighted by Crippen LogP contribution is 2.23. The maximum Gasteiger partial charge on any atom is 0.196 e. The molecule has 1 aromatic carbocycles. The zero-order valence-corrected chi connectivity index (χ0v) is 11.3. The second kappa shape index (κ2) is 4.45. The van der Waals surface area contributed by atoms with E-state index in [2.05, 4.69) is 20.8 Å². The molecular formula is C16H18O2. The Hall–Kier alpha value is -1.83. The molecule has 1 aromatic heterocycles. The minimum absolute atomic E-state index is 0.0155. The average Bonchev–Trinajstić information content (AvgIpc) is 2.73. The number of carbonyl (C=O) groups excluding carboxylic acids is 1. The van der Waals surface area contributed by atoms with Crippen molar-refractivity contribution < 1.29 is 9.21 Å². The summed E-state index contributed by atoms with van der Waals surface area (Å²) in [5.74, 6) is 0.682. The molecule has 0 amide bonds. The summed E-state index contributed by atoms with van der Waals surface area (Å²) in [5, 5.41) is 0. The Bertz CT molecular complexity index is 554. The molecule has 0 atom stereocenters. The second-order valence-corrected chi connectivity index (χ2v) is 5.55. The maximum atomic E-state index is 12.2. The van der Waals surface area contributed by atoms with Crippen LogP contribution in [0.15, 0.2) is 41.0 Å². The molecule has 0 spiro atoms. The fourth-order valence-corrected chi connectivity index (χ4v) is 1.90. The van der Waals surface area contributed by atoms with Gasteiger partial charge in [-0.1, -0.05) is 45.0 Å². The zero-order valence-electron chi connectivity index (χ0n) is 11.3. The van der Waals surface area contributed by atoms with Crippen LogP contribution in [-0.4, -0.2) is 5.78 Å². The molecular weight excluding hydrogens is 224 g/mol. The van der Waals surface area contributed by atoms with Gasteiger partial charge in [-0.2, -0.15) is 0 Å². The van der Waals surface area contributed by atoms with Gasteiger partial charge in [0.25, 0.3) is 0 Å². The van der Waals surface area contributed by atoms with Crippen molar-refractivity contribution in [2.24, 2.45) is 0 Å². The van der Waals surface area contributed by atoms with Crippen LogP contribution in [0.2, 0.25) is 0 Å². The molecule has 0 radical (unpaired) electrons. The standard InChI is InChI=1S/C16H18O2/c1-11-14(9-10-18-11)15(17)12-5-7-13(8-6-12)16(2,3)4/h5-10H,1-4H3. The predicted octanol–water partition coefficient (Wildman–Crippen LogP) is 4.12. The normalized spacial score (nSPS) is 11.6. The number of hydrogen-bond acceptors (Lipinski definition) is 2. The molecule has 0 aliphatic rings. The molecule has 0 aliphatic heterocycles. The Morgan fingerprint density at radius 1 is 1.06 bits per heavy atom. The molecule has 18 heavy (non-hydrogen) atoms. The van der Waals surface area contributed by atoms with E-state index in [1.54, 1.807) is 19.3 Å². The first kappa shape index (κ1) is 12.6. The van der Waals surface area contributed by atoms with E-state index in [1.165, 1.54) is 5.56 Å². The van der Waals surface area contributed by atoms with E-state index in [0.29, 0.717) is 16.9 Å². The van der Waals surface area contributed by atoms with Crippen LogP contribution in [0.1, 0.15) is 48.0 Å². The van der Waals surface area contributed by atoms with Crippen molar-refractivity contribution in [2.75, 3.05) is 0 Å². The molecule has 2 heteroatoms. The lowest BCUT2D eigenvalue weighted by molar-refractivity contribution is 0.103. The monoisotopic (exact) mass is 242 g/mol. The first-order valence-corrected chi connectivity index (χ1v) is 6.09. The zero-order chi connectivity index (χ0) is 13.3. The number of benzene rings is 1. The minimum Gasteiger partial charge on any atom is -0.469 e. The number of aryl methyl sites for hydroxylation is 1. The molecule has 0 unspecified atom stereocenters. The van der Waals surface area contributed by atoms with Crippen LogP contribution in [0, 0.1) is 6.92 Å². The summed E-state index contributed by atoms with van der Waals surface area (Å²) in [6.07, 6.45) is 1.55. The van der Waals surface area contributed by atoms with Crippen molar-refractivity contribution in [3.05, 3.63) is 59.0 Å². The Labute approximate surface area is 108 Å². The summed E-state index contributed by atoms with van der Waals surface area (Å²) in [5.41, 5.74) is 2.67. The lowest BCUT2D eigenvalue weighted by Crippen LogP contribution is -2.11. The van der Waals surface area contributed by atoms with Crippen molar-refractivity contribution in [3.63, 3.8) is 0 Å². The Morgan fingerprint density at radius 2 is 1.67 bits per heavy atom. The SMILES string of the molecule is Cc1occc1C(=O)c1ccc(C(C)(C)C)cc1. The molecule has 0 N–H and O–H groups in total. The van der Waals surface area contributed by atoms with E-state index in [4.69, 9.17) is 4.42 Å². The van der Waals surface area contributed by atoms with Crippen LogP contribution in [0.25, 0.3) is 0 Å². The van der Waals surface area contributed by atoms with E-state index < -0.39 is 0 Å². The number of hydrogen-bond donors (Lipinski definition) is 0. The summed E-state index contributed by atoms with van der Waals surface area (Å²) < 4.78 is 5.16. The first-order chi connectivity index (χ1) is 8.39. The van der Waals surface area contributed by atoms with Crippen LogP contribution in [-0.2, 0) is 5.41 Å². The number of carbonyl (C=O) groups is 1. The molecule has 2 aromatic rings. The summed E-state index contributed by atoms with van der Waals surface area (Å²) >= 11 is 0. The highest BCUT2D eigenvalue weighted by atomic mass is 16.3. The molecule has 0 aliphatic carbocycles. The summed E-state index contributed by atoms with van der Waals surface area (Å²) in [7, 11) is 0. The van der Waals surface area contributed by atoms with Gasteiger partial charge in [0.15, 0.2) is 5.78 Å². The van der Waals surface area contributed by atoms with Crippen LogP contribution < -0.4 is 0 Å². The lowest BCUT2D eigenvalue weighted by Gasteiger charge is -2.18. The molecule has 2 nitrogen and oxygen atoms in total. The Kier molecular flexibility index (Phi) is 3.12. The number of ketones is 1. The van der Waals surface area contributed by atoms with Gasteiger partial charge in [0.1, 0.15) is 5.76 Å². The van der Waals surface area contributed by atoms with Gasteiger partial charge in [-0.3, -0.25) is 4.79 Å². The van der Waals surface area contributed by atoms with Crippen LogP contribution in [0.5, 0.6) is 0 Å². The Balaban J connectivity index is 2.31. The summed E-state index contributed by atoms with van der Waals surface area (Å²) in [6.45, 7) is 8.27. The van der Waals surface area contributed by atoms with E-state index in [0.717, 1.165) is 0 Å². The third kappa shape index (κ3) is 2.37. The van der Waals surface area contributed by atoms with Gasteiger partial charge in [-0.15, -0.1) is 0 Å². The maximum absolute atomic E-state index is 12.2. The molecule has 0 saturated carbocycles. The summed E-state index contributed by atoms with van der Waals surface area (Å²) in [6, 6.07) is 9.52. The van der Waals surface area contributed by atoms with E-state index in [-0.39, 0.29) is 11.2 Å². The van der Waals surface area contributed by atoms with E-state index in [1.807, 2.05) is 24.3 Å². The van der Waals surface area contributed by atoms with Crippen molar-refractivity contribution in [2.45, 2.75) is 33.1 Å². The van der Waals surface area contributed by atoms with E-state index >= 15 is 0 Å². The van der Waals surface area contributed by atoms with Crippen molar-refractivity contribution >= 4 is 5.78 Å². The van der Waals surface area contributed by atoms with Gasteiger partial charge < -0.3 is 4.42 Å². The molecule has 0 fully saturated rings. The Morgan fingerprint density at radius 3 is 2.11 bits per heavy atom. The highest BCUT2D eigenvalue weighted by molar-refractivity contribution is 6.09. The molecule has 94 valence electrons. The molecule has 2 rings (SSSR count). The topological polar surface area (TPSA) is 30.2 Å². The number of rotatable bonds is 2. The molecule has 0 bridgehead atoms. The van der Waals surface area contributed by atoms with Gasteiger partial charge in [-0.25, -0.2) is 0 Å². The first-order valence-electron chi connectivity index (χ1n) is 6.09. The van der Waals surface area contributed by atoms with Crippen molar-refractivity contribution in [1.29, 1.82) is 0 Å². The van der Waals surface area contributed by atoms with Crippen molar-refractivity contribution in [1.82, 2.24) is 0 Å². The fraction of sp³-hybridized carbons (Fsp3) is 0.312. The summed E-state index contributed by atoms with van der Waals surface area (Å²) in [4.78, 5) is 12.2. The predicted molar refractivity (Wildman–Crippen MR) is 72.0 cm³/mol. The van der Waals surface area contributed by atoms with Crippen LogP contribution in [0.4, 0.5) is 0 Å². The van der Waals surface area contributed by atoms with E-state index in [9.17, 15) is 4.79 Å². The fourth-order valence-electron chi connectivity index (χ4n) is 1.90. The van der Waals surface area contributed by atoms with Crippen LogP contribution >= 0.6 is 0 Å². The van der Waals surface area contributed by atoms with Gasteiger partial charge in [0.2, 0.25) is 0 Å². The number of furan rings is 1. The quantitative estimate of drug-likeness (QED) is 0.742. The minimum atomic E-state index is 0.0155. The van der Waals surface area contributed by atoms with Gasteiger partial charge in [0.05, 0.1) is 11.8 Å². The third-order valence-corrected chi connectivity index (χ3v) is 3.12. The third-order valence-electron chi connectivity index (χ3n) is 3.12. The average molecular weight is 242 g/mol.